The Morgan fingerprint density at radius 3 is 1.77 bits per heavy atom. The molecule has 246 valence electrons. The zero-order valence-corrected chi connectivity index (χ0v) is 29.2. The Morgan fingerprint density at radius 1 is 0.396 bits per heavy atom. The van der Waals surface area contributed by atoms with Gasteiger partial charge in [0.15, 0.2) is 0 Å². The third kappa shape index (κ3) is 4.11. The fourth-order valence-electron chi connectivity index (χ4n) is 8.58. The Hall–Kier alpha value is -6.82. The van der Waals surface area contributed by atoms with Crippen molar-refractivity contribution in [1.29, 1.82) is 0 Å². The molecule has 5 heteroatoms. The van der Waals surface area contributed by atoms with Crippen molar-refractivity contribution in [3.05, 3.63) is 170 Å². The summed E-state index contributed by atoms with van der Waals surface area (Å²) in [6.45, 7) is 0. The number of aromatic nitrogens is 4. The molecule has 0 aliphatic rings. The Bertz CT molecular complexity index is 3460. The van der Waals surface area contributed by atoms with Crippen LogP contribution in [-0.2, 0) is 0 Å². The van der Waals surface area contributed by atoms with Gasteiger partial charge in [0.2, 0.25) is 5.95 Å². The molecule has 0 aliphatic heterocycles. The van der Waals surface area contributed by atoms with Crippen LogP contribution < -0.4 is 0 Å². The third-order valence-corrected chi connectivity index (χ3v) is 12.0. The van der Waals surface area contributed by atoms with Crippen LogP contribution in [0.25, 0.3) is 108 Å². The average molecular weight is 693 g/mol. The highest BCUT2D eigenvalue weighted by atomic mass is 32.1. The second kappa shape index (κ2) is 10.8. The maximum Gasteiger partial charge on any atom is 0.235 e. The highest BCUT2D eigenvalue weighted by molar-refractivity contribution is 7.25. The minimum Gasteiger partial charge on any atom is -0.309 e. The lowest BCUT2D eigenvalue weighted by atomic mass is 10.0. The van der Waals surface area contributed by atoms with Gasteiger partial charge in [-0.25, -0.2) is 9.97 Å². The molecule has 0 bridgehead atoms. The largest absolute Gasteiger partial charge is 0.309 e. The third-order valence-electron chi connectivity index (χ3n) is 10.9. The van der Waals surface area contributed by atoms with Gasteiger partial charge in [-0.2, -0.15) is 0 Å². The molecule has 12 rings (SSSR count). The SMILES string of the molecule is c1ccc(-n2c3ccccc3c3c4c5ccccc5n(-c5nc(-c6ccc7c(c6)sc6cc8ccccc8cc67)c6ccccc6n5)c4ccc32)cc1. The van der Waals surface area contributed by atoms with Crippen molar-refractivity contribution in [3.63, 3.8) is 0 Å². The molecule has 53 heavy (non-hydrogen) atoms. The van der Waals surface area contributed by atoms with Gasteiger partial charge in [-0.3, -0.25) is 4.57 Å². The van der Waals surface area contributed by atoms with E-state index in [0.29, 0.717) is 5.95 Å². The number of rotatable bonds is 3. The first-order valence-corrected chi connectivity index (χ1v) is 18.7. The summed E-state index contributed by atoms with van der Waals surface area (Å²) in [5.74, 6) is 0.665. The summed E-state index contributed by atoms with van der Waals surface area (Å²) in [5.41, 5.74) is 8.62. The van der Waals surface area contributed by atoms with Crippen molar-refractivity contribution in [2.24, 2.45) is 0 Å². The van der Waals surface area contributed by atoms with Crippen molar-refractivity contribution in [2.75, 3.05) is 0 Å². The van der Waals surface area contributed by atoms with E-state index in [2.05, 4.69) is 179 Å². The van der Waals surface area contributed by atoms with Gasteiger partial charge in [-0.15, -0.1) is 11.3 Å². The summed E-state index contributed by atoms with van der Waals surface area (Å²) in [6.07, 6.45) is 0. The summed E-state index contributed by atoms with van der Waals surface area (Å²) < 4.78 is 7.20. The monoisotopic (exact) mass is 692 g/mol. The minimum absolute atomic E-state index is 0.665. The fourth-order valence-corrected chi connectivity index (χ4v) is 9.76. The van der Waals surface area contributed by atoms with Crippen LogP contribution in [0, 0.1) is 0 Å². The Balaban J connectivity index is 1.14. The molecule has 4 aromatic heterocycles. The van der Waals surface area contributed by atoms with Crippen molar-refractivity contribution in [2.45, 2.75) is 0 Å². The molecular weight excluding hydrogens is 665 g/mol. The van der Waals surface area contributed by atoms with E-state index in [-0.39, 0.29) is 0 Å². The summed E-state index contributed by atoms with van der Waals surface area (Å²) >= 11 is 1.85. The van der Waals surface area contributed by atoms with E-state index in [1.165, 1.54) is 63.5 Å². The van der Waals surface area contributed by atoms with Crippen LogP contribution in [0.4, 0.5) is 0 Å². The Kier molecular flexibility index (Phi) is 5.90. The molecule has 0 unspecified atom stereocenters. The molecule has 0 aliphatic carbocycles. The van der Waals surface area contributed by atoms with E-state index in [1.807, 2.05) is 11.3 Å². The second-order valence-corrected chi connectivity index (χ2v) is 14.9. The molecule has 0 atom stereocenters. The van der Waals surface area contributed by atoms with Crippen molar-refractivity contribution < 1.29 is 0 Å². The molecule has 0 fully saturated rings. The van der Waals surface area contributed by atoms with E-state index in [9.17, 15) is 0 Å². The smallest absolute Gasteiger partial charge is 0.235 e. The van der Waals surface area contributed by atoms with E-state index in [0.717, 1.165) is 38.9 Å². The molecule has 0 saturated heterocycles. The average Bonchev–Trinajstić information content (AvgIpc) is 3.86. The number of hydrogen-bond acceptors (Lipinski definition) is 3. The summed E-state index contributed by atoms with van der Waals surface area (Å²) in [6, 6.07) is 61.1. The van der Waals surface area contributed by atoms with Gasteiger partial charge >= 0.3 is 0 Å². The number of para-hydroxylation sites is 4. The van der Waals surface area contributed by atoms with Crippen LogP contribution in [0.15, 0.2) is 170 Å². The van der Waals surface area contributed by atoms with Crippen LogP contribution in [-0.4, -0.2) is 19.1 Å². The van der Waals surface area contributed by atoms with Gasteiger partial charge in [0, 0.05) is 58.4 Å². The maximum atomic E-state index is 5.47. The van der Waals surface area contributed by atoms with E-state index in [4.69, 9.17) is 9.97 Å². The summed E-state index contributed by atoms with van der Waals surface area (Å²) in [5, 5.41) is 11.0. The number of nitrogens with zero attached hydrogens (tertiary/aromatic N) is 4. The number of hydrogen-bond donors (Lipinski definition) is 0. The van der Waals surface area contributed by atoms with E-state index < -0.39 is 0 Å². The first-order valence-electron chi connectivity index (χ1n) is 17.9. The molecule has 0 saturated carbocycles. The highest BCUT2D eigenvalue weighted by Gasteiger charge is 2.22. The molecule has 8 aromatic carbocycles. The van der Waals surface area contributed by atoms with Crippen LogP contribution in [0.3, 0.4) is 0 Å². The van der Waals surface area contributed by atoms with Gasteiger partial charge in [-0.05, 0) is 71.4 Å². The van der Waals surface area contributed by atoms with E-state index in [1.54, 1.807) is 0 Å². The zero-order chi connectivity index (χ0) is 34.6. The number of fused-ring (bicyclic) bond motifs is 12. The summed E-state index contributed by atoms with van der Waals surface area (Å²) in [7, 11) is 0. The van der Waals surface area contributed by atoms with Crippen LogP contribution >= 0.6 is 11.3 Å². The van der Waals surface area contributed by atoms with Crippen LogP contribution in [0.1, 0.15) is 0 Å². The van der Waals surface area contributed by atoms with Crippen molar-refractivity contribution in [3.8, 4) is 22.9 Å². The fraction of sp³-hybridized carbons (Fsp3) is 0. The van der Waals surface area contributed by atoms with Gasteiger partial charge < -0.3 is 4.57 Å². The highest BCUT2D eigenvalue weighted by Crippen LogP contribution is 2.43. The predicted molar refractivity (Wildman–Crippen MR) is 224 cm³/mol. The predicted octanol–water partition coefficient (Wildman–Crippen LogP) is 13.0. The van der Waals surface area contributed by atoms with Gasteiger partial charge in [0.05, 0.1) is 33.3 Å². The molecule has 0 N–H and O–H groups in total. The van der Waals surface area contributed by atoms with E-state index >= 15 is 0 Å². The second-order valence-electron chi connectivity index (χ2n) is 13.8. The standard InChI is InChI=1S/C48H28N4S/c1-2-14-32(15-3-1)51-39-20-10-7-17-35(39)45-41(51)24-25-42-46(45)36-18-8-11-21-40(36)52(42)48-49-38-19-9-6-16-34(38)47(50-48)31-22-23-33-37-26-29-12-4-5-13-30(29)27-44(37)53-43(33)28-31/h1-28H. The minimum atomic E-state index is 0.665. The molecule has 0 amide bonds. The topological polar surface area (TPSA) is 35.6 Å². The first kappa shape index (κ1) is 28.8. The normalized spacial score (nSPS) is 12.2. The molecule has 0 spiro atoms. The van der Waals surface area contributed by atoms with Gasteiger partial charge in [0.25, 0.3) is 0 Å². The quantitative estimate of drug-likeness (QED) is 0.185. The van der Waals surface area contributed by atoms with Gasteiger partial charge in [-0.1, -0.05) is 109 Å². The molecule has 4 nitrogen and oxygen atoms in total. The lowest BCUT2D eigenvalue weighted by Crippen LogP contribution is -2.03. The lowest BCUT2D eigenvalue weighted by molar-refractivity contribution is 1.01. The van der Waals surface area contributed by atoms with Gasteiger partial charge in [0.1, 0.15) is 0 Å². The van der Waals surface area contributed by atoms with Crippen LogP contribution in [0.2, 0.25) is 0 Å². The lowest BCUT2D eigenvalue weighted by Gasteiger charge is -2.12. The first-order chi connectivity index (χ1) is 26.3. The molecule has 12 aromatic rings. The molecule has 0 radical (unpaired) electrons. The number of benzene rings is 8. The number of thiophene rings is 1. The molecular formula is C48H28N4S. The Labute approximate surface area is 307 Å². The molecule has 4 heterocycles. The van der Waals surface area contributed by atoms with Crippen molar-refractivity contribution >= 4 is 96.8 Å². The summed E-state index contributed by atoms with van der Waals surface area (Å²) in [4.78, 5) is 10.7. The Morgan fingerprint density at radius 2 is 1.00 bits per heavy atom. The van der Waals surface area contributed by atoms with Crippen molar-refractivity contribution in [1.82, 2.24) is 19.1 Å². The van der Waals surface area contributed by atoms with Crippen LogP contribution in [0.5, 0.6) is 0 Å². The maximum absolute atomic E-state index is 5.47. The zero-order valence-electron chi connectivity index (χ0n) is 28.4.